The number of nitrogens with zero attached hydrogens (tertiary/aromatic N) is 2. The molecule has 1 aliphatic rings. The van der Waals surface area contributed by atoms with Gasteiger partial charge in [-0.05, 0) is 52.3 Å². The lowest BCUT2D eigenvalue weighted by Gasteiger charge is -2.35. The van der Waals surface area contributed by atoms with Crippen molar-refractivity contribution in [3.63, 3.8) is 0 Å². The monoisotopic (exact) mass is 462 g/mol. The smallest absolute Gasteiger partial charge is 0.246 e. The molecule has 9 heteroatoms. The molecule has 1 aliphatic heterocycles. The van der Waals surface area contributed by atoms with Gasteiger partial charge in [-0.3, -0.25) is 0 Å². The molecule has 5 nitrogen and oxygen atoms in total. The van der Waals surface area contributed by atoms with Crippen molar-refractivity contribution in [1.82, 2.24) is 4.31 Å². The lowest BCUT2D eigenvalue weighted by molar-refractivity contribution is 0.373. The number of benzene rings is 2. The first-order chi connectivity index (χ1) is 12.3. The minimum Gasteiger partial charge on any atom is -0.494 e. The lowest BCUT2D eigenvalue weighted by Crippen LogP contribution is -2.48. The van der Waals surface area contributed by atoms with E-state index in [1.807, 2.05) is 4.90 Å². The van der Waals surface area contributed by atoms with Gasteiger partial charge in [0.05, 0.1) is 11.6 Å². The molecule has 3 rings (SSSR count). The van der Waals surface area contributed by atoms with E-state index in [9.17, 15) is 12.8 Å². The summed E-state index contributed by atoms with van der Waals surface area (Å²) in [7, 11) is -2.34. The first-order valence-electron chi connectivity index (χ1n) is 7.86. The number of sulfonamides is 1. The van der Waals surface area contributed by atoms with Crippen LogP contribution >= 0.6 is 27.5 Å². The van der Waals surface area contributed by atoms with E-state index >= 15 is 0 Å². The Kier molecular flexibility index (Phi) is 5.76. The third-order valence-electron chi connectivity index (χ3n) is 4.23. The number of anilines is 1. The number of ether oxygens (including phenoxy) is 1. The Morgan fingerprint density at radius 2 is 1.73 bits per heavy atom. The third-order valence-corrected chi connectivity index (χ3v) is 6.94. The third kappa shape index (κ3) is 3.83. The standard InChI is InChI=1S/C17H17BrClFN2O3S/c1-25-17-15(18)10-12(19)11-16(17)26(23,24)22-8-6-21(7-9-22)14-4-2-13(20)3-5-14/h2-5,10-11H,6-9H2,1H3. The summed E-state index contributed by atoms with van der Waals surface area (Å²) in [5.74, 6) is -0.0658. The van der Waals surface area contributed by atoms with Crippen LogP contribution in [0, 0.1) is 5.82 Å². The van der Waals surface area contributed by atoms with Gasteiger partial charge in [-0.15, -0.1) is 0 Å². The Labute approximate surface area is 165 Å². The van der Waals surface area contributed by atoms with Crippen LogP contribution in [0.2, 0.25) is 5.02 Å². The fourth-order valence-electron chi connectivity index (χ4n) is 2.90. The topological polar surface area (TPSA) is 49.9 Å². The Hall–Kier alpha value is -1.35. The van der Waals surface area contributed by atoms with Crippen LogP contribution in [0.25, 0.3) is 0 Å². The highest BCUT2D eigenvalue weighted by atomic mass is 79.9. The van der Waals surface area contributed by atoms with Gasteiger partial charge in [-0.25, -0.2) is 12.8 Å². The van der Waals surface area contributed by atoms with Gasteiger partial charge < -0.3 is 9.64 Å². The Morgan fingerprint density at radius 3 is 2.31 bits per heavy atom. The van der Waals surface area contributed by atoms with Crippen LogP contribution in [0.15, 0.2) is 45.8 Å². The number of halogens is 3. The number of methoxy groups -OCH3 is 1. The lowest BCUT2D eigenvalue weighted by atomic mass is 10.2. The zero-order valence-electron chi connectivity index (χ0n) is 14.0. The van der Waals surface area contributed by atoms with Gasteiger partial charge in [-0.1, -0.05) is 11.6 Å². The summed E-state index contributed by atoms with van der Waals surface area (Å²) >= 11 is 9.32. The number of rotatable bonds is 4. The molecule has 0 amide bonds. The summed E-state index contributed by atoms with van der Waals surface area (Å²) in [6.07, 6.45) is 0. The molecule has 0 N–H and O–H groups in total. The zero-order valence-corrected chi connectivity index (χ0v) is 17.1. The average molecular weight is 464 g/mol. The minimum atomic E-state index is -3.75. The van der Waals surface area contributed by atoms with Crippen molar-refractivity contribution >= 4 is 43.2 Å². The average Bonchev–Trinajstić information content (AvgIpc) is 2.62. The minimum absolute atomic E-state index is 0.0367. The van der Waals surface area contributed by atoms with Crippen LogP contribution in [0.4, 0.5) is 10.1 Å². The van der Waals surface area contributed by atoms with Gasteiger partial charge >= 0.3 is 0 Å². The fraction of sp³-hybridized carbons (Fsp3) is 0.294. The van der Waals surface area contributed by atoms with Crippen molar-refractivity contribution in [2.45, 2.75) is 4.90 Å². The van der Waals surface area contributed by atoms with Gasteiger partial charge in [0.2, 0.25) is 10.0 Å². The SMILES string of the molecule is COc1c(Br)cc(Cl)cc1S(=O)(=O)N1CCN(c2ccc(F)cc2)CC1. The maximum absolute atomic E-state index is 13.1. The highest BCUT2D eigenvalue weighted by molar-refractivity contribution is 9.10. The van der Waals surface area contributed by atoms with Gasteiger partial charge in [0.25, 0.3) is 0 Å². The normalized spacial score (nSPS) is 15.9. The van der Waals surface area contributed by atoms with Crippen molar-refractivity contribution in [3.8, 4) is 5.75 Å². The van der Waals surface area contributed by atoms with Crippen LogP contribution in [0.1, 0.15) is 0 Å². The largest absolute Gasteiger partial charge is 0.494 e. The Morgan fingerprint density at radius 1 is 1.12 bits per heavy atom. The number of piperazine rings is 1. The van der Waals surface area contributed by atoms with Crippen LogP contribution in [0.3, 0.4) is 0 Å². The molecule has 26 heavy (non-hydrogen) atoms. The summed E-state index contributed by atoms with van der Waals surface area (Å²) < 4.78 is 46.3. The molecule has 1 fully saturated rings. The predicted octanol–water partition coefficient (Wildman–Crippen LogP) is 3.76. The first kappa shape index (κ1) is 19.4. The molecule has 0 aromatic heterocycles. The number of hydrogen-bond acceptors (Lipinski definition) is 4. The molecule has 0 aliphatic carbocycles. The summed E-state index contributed by atoms with van der Waals surface area (Å²) in [5, 5.41) is 0.307. The van der Waals surface area contributed by atoms with Crippen LogP contribution in [0.5, 0.6) is 5.75 Å². The molecule has 0 bridgehead atoms. The fourth-order valence-corrected chi connectivity index (χ4v) is 5.70. The van der Waals surface area contributed by atoms with E-state index in [1.165, 1.54) is 29.6 Å². The second-order valence-corrected chi connectivity index (χ2v) is 8.98. The summed E-state index contributed by atoms with van der Waals surface area (Å²) in [6.45, 7) is 1.64. The molecule has 1 saturated heterocycles. The molecule has 0 unspecified atom stereocenters. The van der Waals surface area contributed by atoms with Crippen LogP contribution in [-0.2, 0) is 10.0 Å². The van der Waals surface area contributed by atoms with E-state index in [4.69, 9.17) is 16.3 Å². The van der Waals surface area contributed by atoms with Crippen molar-refractivity contribution in [1.29, 1.82) is 0 Å². The number of hydrogen-bond donors (Lipinski definition) is 0. The molecule has 0 radical (unpaired) electrons. The molecule has 0 saturated carbocycles. The van der Waals surface area contributed by atoms with E-state index in [2.05, 4.69) is 15.9 Å². The second-order valence-electron chi connectivity index (χ2n) is 5.79. The Balaban J connectivity index is 1.81. The molecule has 0 atom stereocenters. The van der Waals surface area contributed by atoms with E-state index in [0.717, 1.165) is 5.69 Å². The zero-order chi connectivity index (χ0) is 18.9. The second kappa shape index (κ2) is 7.72. The van der Waals surface area contributed by atoms with E-state index < -0.39 is 10.0 Å². The predicted molar refractivity (Wildman–Crippen MR) is 103 cm³/mol. The molecular formula is C17H17BrClFN2O3S. The van der Waals surface area contributed by atoms with Crippen molar-refractivity contribution in [3.05, 3.63) is 51.7 Å². The molecule has 1 heterocycles. The van der Waals surface area contributed by atoms with Gasteiger partial charge in [0.1, 0.15) is 10.7 Å². The summed E-state index contributed by atoms with van der Waals surface area (Å²) in [4.78, 5) is 2.06. The molecule has 2 aromatic rings. The van der Waals surface area contributed by atoms with Crippen molar-refractivity contribution < 1.29 is 17.5 Å². The maximum Gasteiger partial charge on any atom is 0.246 e. The van der Waals surface area contributed by atoms with Crippen LogP contribution in [-0.4, -0.2) is 46.0 Å². The highest BCUT2D eigenvalue weighted by Crippen LogP contribution is 2.37. The van der Waals surface area contributed by atoms with Crippen molar-refractivity contribution in [2.75, 3.05) is 38.2 Å². The quantitative estimate of drug-likeness (QED) is 0.693. The molecule has 140 valence electrons. The first-order valence-corrected chi connectivity index (χ1v) is 10.5. The molecular weight excluding hydrogens is 447 g/mol. The summed E-state index contributed by atoms with van der Waals surface area (Å²) in [5.41, 5.74) is 0.867. The van der Waals surface area contributed by atoms with Gasteiger partial charge in [0, 0.05) is 36.9 Å². The molecule has 2 aromatic carbocycles. The van der Waals surface area contributed by atoms with E-state index in [0.29, 0.717) is 35.7 Å². The Bertz CT molecular complexity index is 901. The van der Waals surface area contributed by atoms with Gasteiger partial charge in [0.15, 0.2) is 5.75 Å². The van der Waals surface area contributed by atoms with Crippen molar-refractivity contribution in [2.24, 2.45) is 0 Å². The van der Waals surface area contributed by atoms with E-state index in [1.54, 1.807) is 18.2 Å². The van der Waals surface area contributed by atoms with Crippen LogP contribution < -0.4 is 9.64 Å². The summed E-state index contributed by atoms with van der Waals surface area (Å²) in [6, 6.07) is 9.16. The molecule has 0 spiro atoms. The highest BCUT2D eigenvalue weighted by Gasteiger charge is 2.32. The van der Waals surface area contributed by atoms with E-state index in [-0.39, 0.29) is 16.5 Å². The van der Waals surface area contributed by atoms with Gasteiger partial charge in [-0.2, -0.15) is 4.31 Å². The maximum atomic E-state index is 13.1.